The van der Waals surface area contributed by atoms with Gasteiger partial charge in [0.25, 0.3) is 0 Å². The summed E-state index contributed by atoms with van der Waals surface area (Å²) in [5.74, 6) is 1.79. The highest BCUT2D eigenvalue weighted by Gasteiger charge is 2.30. The molecule has 6 heteroatoms. The van der Waals surface area contributed by atoms with Gasteiger partial charge in [-0.1, -0.05) is 6.92 Å². The van der Waals surface area contributed by atoms with E-state index in [2.05, 4.69) is 27.3 Å². The molecule has 100 valence electrons. The van der Waals surface area contributed by atoms with E-state index >= 15 is 0 Å². The van der Waals surface area contributed by atoms with Crippen molar-refractivity contribution in [3.63, 3.8) is 0 Å². The molecule has 1 aromatic rings. The summed E-state index contributed by atoms with van der Waals surface area (Å²) in [5, 5.41) is 12.1. The van der Waals surface area contributed by atoms with Gasteiger partial charge in [-0.3, -0.25) is 4.90 Å². The Morgan fingerprint density at radius 3 is 2.89 bits per heavy atom. The number of aromatic nitrogens is 4. The zero-order chi connectivity index (χ0) is 12.5. The Kier molecular flexibility index (Phi) is 3.30. The number of tetrazole rings is 1. The van der Waals surface area contributed by atoms with Gasteiger partial charge in [-0.15, -0.1) is 5.10 Å². The maximum atomic E-state index is 5.89. The largest absolute Gasteiger partial charge is 0.329 e. The standard InChI is InChI=1S/C12H22N6/c1-9-4-5-17(11(6-9)7-13)8-12-14-15-16-18(12)10-2-3-10/h9-11H,2-8,13H2,1H3. The van der Waals surface area contributed by atoms with Crippen molar-refractivity contribution < 1.29 is 0 Å². The second kappa shape index (κ2) is 4.93. The number of nitrogens with two attached hydrogens (primary N) is 1. The van der Waals surface area contributed by atoms with Gasteiger partial charge >= 0.3 is 0 Å². The molecular formula is C12H22N6. The molecule has 0 amide bonds. The minimum atomic E-state index is 0.484. The van der Waals surface area contributed by atoms with E-state index < -0.39 is 0 Å². The first-order chi connectivity index (χ1) is 8.78. The summed E-state index contributed by atoms with van der Waals surface area (Å²) in [6, 6.07) is 1.04. The predicted molar refractivity (Wildman–Crippen MR) is 67.7 cm³/mol. The summed E-state index contributed by atoms with van der Waals surface area (Å²) in [6.45, 7) is 5.00. The molecule has 2 heterocycles. The van der Waals surface area contributed by atoms with Gasteiger partial charge in [0.05, 0.1) is 12.6 Å². The molecule has 2 N–H and O–H groups in total. The monoisotopic (exact) mass is 250 g/mol. The van der Waals surface area contributed by atoms with E-state index in [1.165, 1.54) is 25.7 Å². The minimum absolute atomic E-state index is 0.484. The summed E-state index contributed by atoms with van der Waals surface area (Å²) in [5.41, 5.74) is 5.89. The fraction of sp³-hybridized carbons (Fsp3) is 0.917. The van der Waals surface area contributed by atoms with Crippen molar-refractivity contribution in [2.75, 3.05) is 13.1 Å². The van der Waals surface area contributed by atoms with Crippen LogP contribution in [0.5, 0.6) is 0 Å². The van der Waals surface area contributed by atoms with Crippen LogP contribution in [0.3, 0.4) is 0 Å². The van der Waals surface area contributed by atoms with Crippen LogP contribution in [-0.2, 0) is 6.54 Å². The molecule has 2 aliphatic rings. The highest BCUT2D eigenvalue weighted by molar-refractivity contribution is 4.92. The molecule has 1 saturated heterocycles. The predicted octanol–water partition coefficient (Wildman–Crippen LogP) is 0.567. The van der Waals surface area contributed by atoms with Crippen molar-refractivity contribution in [3.8, 4) is 0 Å². The molecule has 0 bridgehead atoms. The molecule has 2 unspecified atom stereocenters. The Balaban J connectivity index is 1.68. The summed E-state index contributed by atoms with van der Waals surface area (Å²) < 4.78 is 2.01. The van der Waals surface area contributed by atoms with Crippen LogP contribution in [0.4, 0.5) is 0 Å². The third-order valence-electron chi connectivity index (χ3n) is 4.17. The third-order valence-corrected chi connectivity index (χ3v) is 4.17. The number of nitrogens with zero attached hydrogens (tertiary/aromatic N) is 5. The number of hydrogen-bond donors (Lipinski definition) is 1. The lowest BCUT2D eigenvalue weighted by Crippen LogP contribution is -2.46. The maximum Gasteiger partial charge on any atom is 0.165 e. The normalized spacial score (nSPS) is 29.7. The molecule has 0 aromatic carbocycles. The molecule has 0 radical (unpaired) electrons. The second-order valence-electron chi connectivity index (χ2n) is 5.76. The smallest absolute Gasteiger partial charge is 0.165 e. The molecule has 1 aliphatic carbocycles. The van der Waals surface area contributed by atoms with Crippen LogP contribution in [0.25, 0.3) is 0 Å². The molecule has 3 rings (SSSR count). The summed E-state index contributed by atoms with van der Waals surface area (Å²) in [7, 11) is 0. The lowest BCUT2D eigenvalue weighted by atomic mass is 9.92. The summed E-state index contributed by atoms with van der Waals surface area (Å²) in [4.78, 5) is 2.45. The van der Waals surface area contributed by atoms with Crippen molar-refractivity contribution in [1.82, 2.24) is 25.1 Å². The lowest BCUT2D eigenvalue weighted by molar-refractivity contribution is 0.110. The van der Waals surface area contributed by atoms with Gasteiger partial charge in [0.2, 0.25) is 0 Å². The van der Waals surface area contributed by atoms with Gasteiger partial charge in [-0.05, 0) is 48.6 Å². The fourth-order valence-electron chi connectivity index (χ4n) is 2.85. The van der Waals surface area contributed by atoms with Crippen LogP contribution in [-0.4, -0.2) is 44.2 Å². The Morgan fingerprint density at radius 2 is 2.17 bits per heavy atom. The quantitative estimate of drug-likeness (QED) is 0.845. The highest BCUT2D eigenvalue weighted by atomic mass is 15.6. The number of rotatable bonds is 4. The Bertz CT molecular complexity index is 399. The van der Waals surface area contributed by atoms with E-state index in [4.69, 9.17) is 5.73 Å². The first-order valence-corrected chi connectivity index (χ1v) is 6.98. The first-order valence-electron chi connectivity index (χ1n) is 6.98. The van der Waals surface area contributed by atoms with E-state index in [9.17, 15) is 0 Å². The van der Waals surface area contributed by atoms with Gasteiger partial charge in [-0.25, -0.2) is 4.68 Å². The summed E-state index contributed by atoms with van der Waals surface area (Å²) in [6.07, 6.45) is 4.88. The zero-order valence-electron chi connectivity index (χ0n) is 11.0. The molecule has 6 nitrogen and oxygen atoms in total. The molecule has 2 atom stereocenters. The molecule has 2 fully saturated rings. The number of hydrogen-bond acceptors (Lipinski definition) is 5. The molecule has 1 aromatic heterocycles. The van der Waals surface area contributed by atoms with Gasteiger partial charge in [0.15, 0.2) is 5.82 Å². The van der Waals surface area contributed by atoms with Crippen molar-refractivity contribution in [1.29, 1.82) is 0 Å². The van der Waals surface area contributed by atoms with Crippen molar-refractivity contribution in [3.05, 3.63) is 5.82 Å². The van der Waals surface area contributed by atoms with Crippen molar-refractivity contribution >= 4 is 0 Å². The van der Waals surface area contributed by atoms with Crippen molar-refractivity contribution in [2.45, 2.75) is 51.2 Å². The first kappa shape index (κ1) is 12.0. The van der Waals surface area contributed by atoms with Crippen LogP contribution < -0.4 is 5.73 Å². The van der Waals surface area contributed by atoms with Crippen molar-refractivity contribution in [2.24, 2.45) is 11.7 Å². The van der Waals surface area contributed by atoms with Gasteiger partial charge < -0.3 is 5.73 Å². The van der Waals surface area contributed by atoms with Crippen LogP contribution in [0.15, 0.2) is 0 Å². The second-order valence-corrected chi connectivity index (χ2v) is 5.76. The maximum absolute atomic E-state index is 5.89. The Labute approximate surface area is 108 Å². The third kappa shape index (κ3) is 2.40. The lowest BCUT2D eigenvalue weighted by Gasteiger charge is -2.37. The van der Waals surface area contributed by atoms with E-state index in [1.54, 1.807) is 0 Å². The van der Waals surface area contributed by atoms with Crippen LogP contribution in [0, 0.1) is 5.92 Å². The van der Waals surface area contributed by atoms with Crippen LogP contribution in [0.1, 0.15) is 44.5 Å². The average molecular weight is 250 g/mol. The Morgan fingerprint density at radius 1 is 1.33 bits per heavy atom. The molecule has 1 aliphatic heterocycles. The van der Waals surface area contributed by atoms with Gasteiger partial charge in [0.1, 0.15) is 0 Å². The molecule has 0 spiro atoms. The topological polar surface area (TPSA) is 72.9 Å². The van der Waals surface area contributed by atoms with Gasteiger partial charge in [0, 0.05) is 12.6 Å². The SMILES string of the molecule is CC1CCN(Cc2nnnn2C2CC2)C(CN)C1. The fourth-order valence-corrected chi connectivity index (χ4v) is 2.85. The summed E-state index contributed by atoms with van der Waals surface area (Å²) >= 11 is 0. The molecular weight excluding hydrogens is 228 g/mol. The van der Waals surface area contributed by atoms with E-state index in [-0.39, 0.29) is 0 Å². The van der Waals surface area contributed by atoms with E-state index in [1.807, 2.05) is 4.68 Å². The minimum Gasteiger partial charge on any atom is -0.329 e. The van der Waals surface area contributed by atoms with E-state index in [0.717, 1.165) is 31.4 Å². The number of piperidine rings is 1. The van der Waals surface area contributed by atoms with E-state index in [0.29, 0.717) is 12.1 Å². The number of likely N-dealkylation sites (tertiary alicyclic amines) is 1. The average Bonchev–Trinajstić information content (AvgIpc) is 3.12. The van der Waals surface area contributed by atoms with Gasteiger partial charge in [-0.2, -0.15) is 0 Å². The van der Waals surface area contributed by atoms with Crippen LogP contribution in [0.2, 0.25) is 0 Å². The molecule has 18 heavy (non-hydrogen) atoms. The Hall–Kier alpha value is -1.01. The molecule has 1 saturated carbocycles. The van der Waals surface area contributed by atoms with Crippen LogP contribution >= 0.6 is 0 Å². The zero-order valence-corrected chi connectivity index (χ0v) is 11.0. The highest BCUT2D eigenvalue weighted by Crippen LogP contribution is 2.34.